The average molecular weight is 296 g/mol. The third-order valence-electron chi connectivity index (χ3n) is 3.76. The third kappa shape index (κ3) is 4.41. The maximum Gasteiger partial charge on any atom is 0.335 e. The Morgan fingerprint density at radius 2 is 1.95 bits per heavy atom. The number of hydrogen-bond donors (Lipinski definition) is 1. The second-order valence-corrected chi connectivity index (χ2v) is 5.07. The number of piperazine rings is 1. The number of halogens is 1. The number of benzene rings is 1. The van der Waals surface area contributed by atoms with Crippen LogP contribution in [-0.2, 0) is 0 Å². The van der Waals surface area contributed by atoms with E-state index in [1.165, 1.54) is 12.1 Å². The smallest absolute Gasteiger partial charge is 0.335 e. The number of carbonyl (C=O) groups is 1. The van der Waals surface area contributed by atoms with Crippen molar-refractivity contribution in [3.63, 3.8) is 0 Å². The molecule has 0 aliphatic carbocycles. The van der Waals surface area contributed by atoms with Gasteiger partial charge in [-0.1, -0.05) is 6.92 Å². The van der Waals surface area contributed by atoms with Crippen LogP contribution in [0.25, 0.3) is 0 Å². The molecule has 0 unspecified atom stereocenters. The minimum absolute atomic E-state index is 0.0736. The maximum atomic E-state index is 13.7. The van der Waals surface area contributed by atoms with E-state index in [4.69, 9.17) is 9.84 Å². The minimum Gasteiger partial charge on any atom is -0.489 e. The van der Waals surface area contributed by atoms with Crippen molar-refractivity contribution < 1.29 is 19.0 Å². The van der Waals surface area contributed by atoms with Crippen molar-refractivity contribution in [3.8, 4) is 5.75 Å². The Hall–Kier alpha value is -1.66. The molecule has 0 radical (unpaired) electrons. The van der Waals surface area contributed by atoms with Gasteiger partial charge in [-0.15, -0.1) is 0 Å². The zero-order valence-corrected chi connectivity index (χ0v) is 12.2. The number of aromatic carboxylic acids is 1. The molecule has 1 aromatic rings. The molecule has 5 nitrogen and oxygen atoms in total. The fraction of sp³-hybridized carbons (Fsp3) is 0.533. The van der Waals surface area contributed by atoms with E-state index in [2.05, 4.69) is 16.7 Å². The number of likely N-dealkylation sites (N-methyl/N-ethyl adjacent to an activating group) is 1. The number of rotatable bonds is 6. The predicted octanol–water partition coefficient (Wildman–Crippen LogP) is 1.54. The number of hydrogen-bond acceptors (Lipinski definition) is 4. The lowest BCUT2D eigenvalue weighted by molar-refractivity contribution is 0.0696. The highest BCUT2D eigenvalue weighted by Crippen LogP contribution is 2.18. The van der Waals surface area contributed by atoms with Crippen LogP contribution in [0.2, 0.25) is 0 Å². The van der Waals surface area contributed by atoms with Crippen molar-refractivity contribution >= 4 is 5.97 Å². The van der Waals surface area contributed by atoms with Crippen LogP contribution < -0.4 is 4.74 Å². The zero-order valence-electron chi connectivity index (χ0n) is 12.2. The lowest BCUT2D eigenvalue weighted by Gasteiger charge is -2.33. The van der Waals surface area contributed by atoms with E-state index in [1.807, 2.05) is 0 Å². The van der Waals surface area contributed by atoms with Crippen molar-refractivity contribution in [3.05, 3.63) is 29.6 Å². The lowest BCUT2D eigenvalue weighted by Crippen LogP contribution is -2.47. The van der Waals surface area contributed by atoms with E-state index in [0.717, 1.165) is 45.3 Å². The van der Waals surface area contributed by atoms with E-state index < -0.39 is 11.8 Å². The Labute approximate surface area is 123 Å². The SMILES string of the molecule is CCN1CCN(CCOc2ccc(C(=O)O)cc2F)CC1. The largest absolute Gasteiger partial charge is 0.489 e. The summed E-state index contributed by atoms with van der Waals surface area (Å²) in [6.45, 7) is 8.48. The maximum absolute atomic E-state index is 13.7. The highest BCUT2D eigenvalue weighted by molar-refractivity contribution is 5.87. The number of nitrogens with zero attached hydrogens (tertiary/aromatic N) is 2. The van der Waals surface area contributed by atoms with Gasteiger partial charge in [0.2, 0.25) is 0 Å². The summed E-state index contributed by atoms with van der Waals surface area (Å²) in [6, 6.07) is 3.70. The molecule has 6 heteroatoms. The average Bonchev–Trinajstić information content (AvgIpc) is 2.49. The third-order valence-corrected chi connectivity index (χ3v) is 3.76. The van der Waals surface area contributed by atoms with Crippen LogP contribution in [-0.4, -0.2) is 66.8 Å². The topological polar surface area (TPSA) is 53.0 Å². The molecule has 2 rings (SSSR count). The summed E-state index contributed by atoms with van der Waals surface area (Å²) in [5.74, 6) is -1.67. The van der Waals surface area contributed by atoms with Crippen molar-refractivity contribution in [1.29, 1.82) is 0 Å². The fourth-order valence-electron chi connectivity index (χ4n) is 2.36. The molecule has 1 fully saturated rings. The highest BCUT2D eigenvalue weighted by Gasteiger charge is 2.15. The first-order valence-electron chi connectivity index (χ1n) is 7.20. The summed E-state index contributed by atoms with van der Waals surface area (Å²) in [5, 5.41) is 8.77. The van der Waals surface area contributed by atoms with Crippen LogP contribution >= 0.6 is 0 Å². The molecule has 1 aliphatic heterocycles. The van der Waals surface area contributed by atoms with Crippen molar-refractivity contribution in [2.75, 3.05) is 45.9 Å². The van der Waals surface area contributed by atoms with E-state index in [9.17, 15) is 9.18 Å². The van der Waals surface area contributed by atoms with Gasteiger partial charge < -0.3 is 14.7 Å². The second-order valence-electron chi connectivity index (χ2n) is 5.07. The quantitative estimate of drug-likeness (QED) is 0.863. The van der Waals surface area contributed by atoms with Gasteiger partial charge in [0.25, 0.3) is 0 Å². The first-order valence-corrected chi connectivity index (χ1v) is 7.20. The molecule has 0 spiro atoms. The van der Waals surface area contributed by atoms with Crippen LogP contribution in [0, 0.1) is 5.82 Å². The normalized spacial score (nSPS) is 16.9. The fourth-order valence-corrected chi connectivity index (χ4v) is 2.36. The van der Waals surface area contributed by atoms with E-state index >= 15 is 0 Å². The van der Waals surface area contributed by atoms with Gasteiger partial charge in [0.1, 0.15) is 6.61 Å². The van der Waals surface area contributed by atoms with Gasteiger partial charge in [-0.05, 0) is 24.7 Å². The van der Waals surface area contributed by atoms with E-state index in [-0.39, 0.29) is 11.3 Å². The number of ether oxygens (including phenoxy) is 1. The van der Waals surface area contributed by atoms with Gasteiger partial charge in [-0.3, -0.25) is 4.90 Å². The predicted molar refractivity (Wildman–Crippen MR) is 77.4 cm³/mol. The summed E-state index contributed by atoms with van der Waals surface area (Å²) in [5.41, 5.74) is -0.0736. The first-order chi connectivity index (χ1) is 10.1. The molecular formula is C15H21FN2O3. The van der Waals surface area contributed by atoms with Gasteiger partial charge >= 0.3 is 5.97 Å². The van der Waals surface area contributed by atoms with Crippen LogP contribution in [0.4, 0.5) is 4.39 Å². The van der Waals surface area contributed by atoms with Crippen LogP contribution in [0.5, 0.6) is 5.75 Å². The second kappa shape index (κ2) is 7.38. The number of carboxylic acids is 1. The van der Waals surface area contributed by atoms with Crippen LogP contribution in [0.15, 0.2) is 18.2 Å². The van der Waals surface area contributed by atoms with Crippen molar-refractivity contribution in [2.45, 2.75) is 6.92 Å². The van der Waals surface area contributed by atoms with Gasteiger partial charge in [0.15, 0.2) is 11.6 Å². The van der Waals surface area contributed by atoms with Crippen LogP contribution in [0.3, 0.4) is 0 Å². The highest BCUT2D eigenvalue weighted by atomic mass is 19.1. The van der Waals surface area contributed by atoms with Gasteiger partial charge in [-0.2, -0.15) is 0 Å². The molecule has 1 saturated heterocycles. The summed E-state index contributed by atoms with van der Waals surface area (Å²) < 4.78 is 19.1. The Kier molecular flexibility index (Phi) is 5.52. The molecule has 1 heterocycles. The Balaban J connectivity index is 1.77. The Morgan fingerprint density at radius 1 is 1.29 bits per heavy atom. The molecule has 116 valence electrons. The Bertz CT molecular complexity index is 488. The molecule has 1 aliphatic rings. The molecular weight excluding hydrogens is 275 g/mol. The monoisotopic (exact) mass is 296 g/mol. The molecule has 1 aromatic carbocycles. The number of carboxylic acid groups (broad SMARTS) is 1. The summed E-state index contributed by atoms with van der Waals surface area (Å²) in [4.78, 5) is 15.4. The molecule has 0 saturated carbocycles. The van der Waals surface area contributed by atoms with Gasteiger partial charge in [0.05, 0.1) is 5.56 Å². The standard InChI is InChI=1S/C15H21FN2O3/c1-2-17-5-7-18(8-6-17)9-10-21-14-4-3-12(15(19)20)11-13(14)16/h3-4,11H,2,5-10H2,1H3,(H,19,20). The van der Waals surface area contributed by atoms with Crippen molar-refractivity contribution in [1.82, 2.24) is 9.80 Å². The Morgan fingerprint density at radius 3 is 2.52 bits per heavy atom. The van der Waals surface area contributed by atoms with Gasteiger partial charge in [0, 0.05) is 32.7 Å². The zero-order chi connectivity index (χ0) is 15.2. The summed E-state index contributed by atoms with van der Waals surface area (Å²) in [6.07, 6.45) is 0. The van der Waals surface area contributed by atoms with Crippen LogP contribution in [0.1, 0.15) is 17.3 Å². The van der Waals surface area contributed by atoms with E-state index in [1.54, 1.807) is 0 Å². The lowest BCUT2D eigenvalue weighted by atomic mass is 10.2. The molecule has 1 N–H and O–H groups in total. The summed E-state index contributed by atoms with van der Waals surface area (Å²) in [7, 11) is 0. The molecule has 0 aromatic heterocycles. The first kappa shape index (κ1) is 15.7. The molecule has 21 heavy (non-hydrogen) atoms. The minimum atomic E-state index is -1.14. The van der Waals surface area contributed by atoms with Gasteiger partial charge in [-0.25, -0.2) is 9.18 Å². The molecule has 0 amide bonds. The van der Waals surface area contributed by atoms with E-state index in [0.29, 0.717) is 6.61 Å². The molecule has 0 bridgehead atoms. The summed E-state index contributed by atoms with van der Waals surface area (Å²) >= 11 is 0. The van der Waals surface area contributed by atoms with Crippen molar-refractivity contribution in [2.24, 2.45) is 0 Å². The molecule has 0 atom stereocenters.